The Morgan fingerprint density at radius 2 is 1.86 bits per heavy atom. The van der Waals surface area contributed by atoms with Crippen LogP contribution in [0.3, 0.4) is 0 Å². The fourth-order valence-electron chi connectivity index (χ4n) is 2.65. The number of benzene rings is 1. The lowest BCUT2D eigenvalue weighted by atomic mass is 9.80. The molecule has 146 valence electrons. The second-order valence-corrected chi connectivity index (χ2v) is 6.57. The highest BCUT2D eigenvalue weighted by Crippen LogP contribution is 2.31. The molecule has 1 aliphatic carbocycles. The zero-order valence-corrected chi connectivity index (χ0v) is 15.4. The summed E-state index contributed by atoms with van der Waals surface area (Å²) in [7, 11) is 0. The molecule has 1 heterocycles. The zero-order valence-electron chi connectivity index (χ0n) is 15.4. The van der Waals surface area contributed by atoms with Crippen LogP contribution in [0, 0.1) is 22.5 Å². The molecule has 1 atom stereocenters. The van der Waals surface area contributed by atoms with Gasteiger partial charge >= 0.3 is 11.9 Å². The lowest BCUT2D eigenvalue weighted by molar-refractivity contribution is -0.385. The molecular formula is C20H20N2O6. The third kappa shape index (κ3) is 4.73. The van der Waals surface area contributed by atoms with Crippen molar-refractivity contribution >= 4 is 17.6 Å². The van der Waals surface area contributed by atoms with Gasteiger partial charge in [0.1, 0.15) is 0 Å². The van der Waals surface area contributed by atoms with Crippen molar-refractivity contribution in [3.8, 4) is 5.69 Å². The van der Waals surface area contributed by atoms with Gasteiger partial charge in [0.2, 0.25) is 0 Å². The molecular weight excluding hydrogens is 364 g/mol. The van der Waals surface area contributed by atoms with Crippen molar-refractivity contribution in [1.29, 1.82) is 0 Å². The number of hydrogen-bond donors (Lipinski definition) is 2. The number of carbonyl (C=O) groups is 2. The first kappa shape index (κ1) is 20.6. The van der Waals surface area contributed by atoms with E-state index in [1.807, 2.05) is 35.2 Å². The van der Waals surface area contributed by atoms with Crippen LogP contribution in [0.2, 0.25) is 0 Å². The first-order chi connectivity index (χ1) is 13.1. The zero-order chi connectivity index (χ0) is 20.9. The molecule has 1 unspecified atom stereocenters. The smallest absolute Gasteiger partial charge is 0.331 e. The molecule has 0 radical (unpaired) electrons. The average molecular weight is 384 g/mol. The highest BCUT2D eigenvalue weighted by Gasteiger charge is 2.34. The quantitative estimate of drug-likeness (QED) is 0.611. The third-order valence-corrected chi connectivity index (χ3v) is 4.37. The van der Waals surface area contributed by atoms with E-state index in [4.69, 9.17) is 10.2 Å². The molecule has 0 bridgehead atoms. The van der Waals surface area contributed by atoms with E-state index in [9.17, 15) is 19.7 Å². The number of aromatic nitrogens is 1. The highest BCUT2D eigenvalue weighted by molar-refractivity contribution is 5.90. The van der Waals surface area contributed by atoms with Crippen LogP contribution in [-0.4, -0.2) is 31.6 Å². The molecule has 1 aliphatic rings. The maximum atomic E-state index is 10.8. The molecule has 0 fully saturated rings. The van der Waals surface area contributed by atoms with Gasteiger partial charge in [-0.15, -0.1) is 0 Å². The molecule has 1 aromatic heterocycles. The molecule has 28 heavy (non-hydrogen) atoms. The van der Waals surface area contributed by atoms with E-state index in [2.05, 4.69) is 0 Å². The summed E-state index contributed by atoms with van der Waals surface area (Å²) in [6, 6.07) is 8.96. The van der Waals surface area contributed by atoms with Gasteiger partial charge in [0, 0.05) is 29.6 Å². The van der Waals surface area contributed by atoms with Crippen molar-refractivity contribution in [2.75, 3.05) is 0 Å². The van der Waals surface area contributed by atoms with Crippen LogP contribution in [0.5, 0.6) is 0 Å². The van der Waals surface area contributed by atoms with E-state index in [0.29, 0.717) is 5.56 Å². The van der Waals surface area contributed by atoms with Crippen molar-refractivity contribution in [2.45, 2.75) is 20.3 Å². The number of nitro groups is 1. The van der Waals surface area contributed by atoms with Crippen molar-refractivity contribution < 1.29 is 24.7 Å². The van der Waals surface area contributed by atoms with Crippen LogP contribution in [0.15, 0.2) is 66.5 Å². The van der Waals surface area contributed by atoms with Gasteiger partial charge in [-0.2, -0.15) is 0 Å². The van der Waals surface area contributed by atoms with Gasteiger partial charge in [-0.1, -0.05) is 24.3 Å². The minimum absolute atomic E-state index is 0.0359. The summed E-state index contributed by atoms with van der Waals surface area (Å²) in [4.78, 5) is 31.7. The van der Waals surface area contributed by atoms with E-state index >= 15 is 0 Å². The van der Waals surface area contributed by atoms with Crippen LogP contribution >= 0.6 is 0 Å². The standard InChI is InChI=1S/C11H10N2O2.C9H10O4/c1-9-4-5-10(8-11(9)13(14)15)12-6-2-3-7-12;1-9(8(12)13)4-2-3-6(5-9)7(10)11/h2-8H,1H3;2-4H,5H2,1H3,(H,10,11)(H,12,13). The number of hydrogen-bond acceptors (Lipinski definition) is 4. The maximum Gasteiger partial charge on any atom is 0.331 e. The van der Waals surface area contributed by atoms with Crippen LogP contribution in [0.25, 0.3) is 5.69 Å². The molecule has 2 N–H and O–H groups in total. The molecule has 1 aromatic carbocycles. The summed E-state index contributed by atoms with van der Waals surface area (Å²) in [6.07, 6.45) is 8.15. The van der Waals surface area contributed by atoms with Crippen molar-refractivity contribution in [2.24, 2.45) is 5.41 Å². The molecule has 0 aliphatic heterocycles. The Morgan fingerprint density at radius 1 is 1.21 bits per heavy atom. The fraction of sp³-hybridized carbons (Fsp3) is 0.200. The van der Waals surface area contributed by atoms with E-state index in [0.717, 1.165) is 5.69 Å². The lowest BCUT2D eigenvalue weighted by Crippen LogP contribution is -2.28. The highest BCUT2D eigenvalue weighted by atomic mass is 16.6. The Labute approximate surface area is 161 Å². The minimum atomic E-state index is -1.08. The van der Waals surface area contributed by atoms with Crippen molar-refractivity contribution in [1.82, 2.24) is 4.57 Å². The second-order valence-electron chi connectivity index (χ2n) is 6.57. The SMILES string of the molecule is CC1(C(=O)O)C=CC=C(C(=O)O)C1.Cc1ccc(-n2cccc2)cc1[N+](=O)[O-]. The number of nitro benzene ring substituents is 1. The fourth-order valence-corrected chi connectivity index (χ4v) is 2.65. The molecule has 8 heteroatoms. The number of allylic oxidation sites excluding steroid dienone is 2. The van der Waals surface area contributed by atoms with Crippen molar-refractivity contribution in [3.63, 3.8) is 0 Å². The number of carboxylic acid groups (broad SMARTS) is 2. The average Bonchev–Trinajstić information content (AvgIpc) is 3.17. The van der Waals surface area contributed by atoms with Gasteiger partial charge in [0.05, 0.1) is 16.0 Å². The Balaban J connectivity index is 0.000000203. The number of aliphatic carboxylic acids is 2. The van der Waals surface area contributed by atoms with Gasteiger partial charge in [-0.3, -0.25) is 14.9 Å². The van der Waals surface area contributed by atoms with Gasteiger partial charge in [0.25, 0.3) is 5.69 Å². The minimum Gasteiger partial charge on any atom is -0.481 e. The molecule has 0 saturated carbocycles. The number of aryl methyl sites for hydroxylation is 1. The first-order valence-electron chi connectivity index (χ1n) is 8.37. The number of nitrogens with zero attached hydrogens (tertiary/aromatic N) is 2. The van der Waals surface area contributed by atoms with Gasteiger partial charge in [-0.05, 0) is 38.5 Å². The van der Waals surface area contributed by atoms with E-state index in [1.54, 1.807) is 19.1 Å². The molecule has 0 amide bonds. The lowest BCUT2D eigenvalue weighted by Gasteiger charge is -2.23. The summed E-state index contributed by atoms with van der Waals surface area (Å²) in [5.41, 5.74) is 0.685. The Kier molecular flexibility index (Phi) is 6.15. The van der Waals surface area contributed by atoms with E-state index in [-0.39, 0.29) is 22.6 Å². The van der Waals surface area contributed by atoms with Crippen LogP contribution in [0.1, 0.15) is 18.9 Å². The summed E-state index contributed by atoms with van der Waals surface area (Å²) in [5, 5.41) is 28.2. The monoisotopic (exact) mass is 384 g/mol. The molecule has 3 rings (SSSR count). The normalized spacial score (nSPS) is 17.9. The van der Waals surface area contributed by atoms with Gasteiger partial charge < -0.3 is 14.8 Å². The Morgan fingerprint density at radius 3 is 2.39 bits per heavy atom. The molecule has 8 nitrogen and oxygen atoms in total. The predicted molar refractivity (Wildman–Crippen MR) is 102 cm³/mol. The van der Waals surface area contributed by atoms with Gasteiger partial charge in [0.15, 0.2) is 0 Å². The molecule has 0 saturated heterocycles. The van der Waals surface area contributed by atoms with E-state index < -0.39 is 17.4 Å². The summed E-state index contributed by atoms with van der Waals surface area (Å²) in [5.74, 6) is -2.06. The summed E-state index contributed by atoms with van der Waals surface area (Å²) in [6.45, 7) is 3.24. The van der Waals surface area contributed by atoms with E-state index in [1.165, 1.54) is 25.2 Å². The predicted octanol–water partition coefficient (Wildman–Crippen LogP) is 3.74. The first-order valence-corrected chi connectivity index (χ1v) is 8.37. The maximum absolute atomic E-state index is 10.8. The number of carboxylic acids is 2. The molecule has 2 aromatic rings. The Hall–Kier alpha value is -3.68. The number of rotatable bonds is 4. The van der Waals surface area contributed by atoms with Crippen LogP contribution < -0.4 is 0 Å². The van der Waals surface area contributed by atoms with Gasteiger partial charge in [-0.25, -0.2) is 4.79 Å². The Bertz CT molecular complexity index is 959. The molecule has 0 spiro atoms. The topological polar surface area (TPSA) is 123 Å². The van der Waals surface area contributed by atoms with Crippen LogP contribution in [-0.2, 0) is 9.59 Å². The summed E-state index contributed by atoms with van der Waals surface area (Å²) < 4.78 is 1.84. The second kappa shape index (κ2) is 8.34. The summed E-state index contributed by atoms with van der Waals surface area (Å²) >= 11 is 0. The largest absolute Gasteiger partial charge is 0.481 e. The van der Waals surface area contributed by atoms with Crippen molar-refractivity contribution in [3.05, 3.63) is 82.2 Å². The van der Waals surface area contributed by atoms with Crippen LogP contribution in [0.4, 0.5) is 5.69 Å². The third-order valence-electron chi connectivity index (χ3n) is 4.37.